The second kappa shape index (κ2) is 6.72. The van der Waals surface area contributed by atoms with Gasteiger partial charge in [-0.2, -0.15) is 0 Å². The van der Waals surface area contributed by atoms with Crippen molar-refractivity contribution in [1.82, 2.24) is 29.2 Å². The molecule has 3 aromatic rings. The average Bonchev–Trinajstić information content (AvgIpc) is 3.34. The van der Waals surface area contributed by atoms with E-state index in [1.54, 1.807) is 11.1 Å². The first-order chi connectivity index (χ1) is 13.3. The summed E-state index contributed by atoms with van der Waals surface area (Å²) >= 11 is 0. The maximum Gasteiger partial charge on any atom is 0.317 e. The van der Waals surface area contributed by atoms with Crippen molar-refractivity contribution in [3.8, 4) is 0 Å². The van der Waals surface area contributed by atoms with E-state index in [-0.39, 0.29) is 11.8 Å². The van der Waals surface area contributed by atoms with E-state index in [1.807, 2.05) is 30.1 Å². The number of imidazole rings is 1. The summed E-state index contributed by atoms with van der Waals surface area (Å²) < 4.78 is 30.2. The fourth-order valence-electron chi connectivity index (χ4n) is 4.08. The summed E-state index contributed by atoms with van der Waals surface area (Å²) in [5.74, 6) is -2.61. The predicted molar refractivity (Wildman–Crippen MR) is 102 cm³/mol. The van der Waals surface area contributed by atoms with Gasteiger partial charge in [-0.25, -0.2) is 23.5 Å². The topological polar surface area (TPSA) is 67.5 Å². The highest BCUT2D eigenvalue weighted by atomic mass is 19.3. The van der Waals surface area contributed by atoms with Gasteiger partial charge in [0.15, 0.2) is 11.3 Å². The number of carbonyl (C=O) groups excluding carboxylic acids is 1. The van der Waals surface area contributed by atoms with Crippen molar-refractivity contribution >= 4 is 22.8 Å². The molecule has 1 N–H and O–H groups in total. The first-order valence-corrected chi connectivity index (χ1v) is 9.46. The Balaban J connectivity index is 1.65. The number of alkyl halides is 2. The van der Waals surface area contributed by atoms with Gasteiger partial charge in [-0.1, -0.05) is 13.3 Å². The largest absolute Gasteiger partial charge is 0.334 e. The van der Waals surface area contributed by atoms with Gasteiger partial charge in [0.25, 0.3) is 5.92 Å². The number of hydrogen-bond donors (Lipinski definition) is 1. The molecule has 3 aromatic heterocycles. The average molecular weight is 390 g/mol. The minimum atomic E-state index is -2.92. The molecule has 7 nitrogen and oxygen atoms in total. The van der Waals surface area contributed by atoms with Crippen LogP contribution in [0.1, 0.15) is 31.9 Å². The third-order valence-electron chi connectivity index (χ3n) is 5.56. The van der Waals surface area contributed by atoms with Crippen LogP contribution in [0.3, 0.4) is 0 Å². The number of carbonyl (C=O) groups is 1. The minimum absolute atomic E-state index is 0.0821. The first-order valence-electron chi connectivity index (χ1n) is 9.46. The van der Waals surface area contributed by atoms with Crippen LogP contribution in [0.15, 0.2) is 24.7 Å². The van der Waals surface area contributed by atoms with Crippen LogP contribution < -0.4 is 5.32 Å². The molecule has 0 aromatic carbocycles. The molecule has 2 amide bonds. The van der Waals surface area contributed by atoms with Crippen LogP contribution in [-0.2, 0) is 7.05 Å². The molecule has 4 rings (SSSR count). The Bertz CT molecular complexity index is 1020. The zero-order valence-electron chi connectivity index (χ0n) is 16.2. The van der Waals surface area contributed by atoms with E-state index in [9.17, 15) is 13.6 Å². The fraction of sp³-hybridized carbons (Fsp3) is 0.526. The third kappa shape index (κ3) is 3.18. The number of urea groups is 1. The Morgan fingerprint density at radius 1 is 1.32 bits per heavy atom. The molecule has 2 atom stereocenters. The highest BCUT2D eigenvalue weighted by Gasteiger charge is 2.37. The Hall–Kier alpha value is -2.71. The maximum absolute atomic E-state index is 13.1. The number of hydrogen-bond acceptors (Lipinski definition) is 3. The van der Waals surface area contributed by atoms with Crippen molar-refractivity contribution in [3.63, 3.8) is 0 Å². The van der Waals surface area contributed by atoms with Crippen LogP contribution in [0.25, 0.3) is 16.8 Å². The number of nitrogens with one attached hydrogen (secondary N) is 1. The van der Waals surface area contributed by atoms with Gasteiger partial charge in [-0.15, -0.1) is 0 Å². The second-order valence-corrected chi connectivity index (χ2v) is 7.68. The van der Waals surface area contributed by atoms with Gasteiger partial charge >= 0.3 is 6.03 Å². The van der Waals surface area contributed by atoms with Gasteiger partial charge in [-0.3, -0.25) is 4.40 Å². The van der Waals surface area contributed by atoms with Crippen LogP contribution in [-0.4, -0.2) is 55.4 Å². The molecule has 0 aliphatic carbocycles. The van der Waals surface area contributed by atoms with Crippen LogP contribution >= 0.6 is 0 Å². The second-order valence-electron chi connectivity index (χ2n) is 7.68. The summed E-state index contributed by atoms with van der Waals surface area (Å²) in [6, 6.07) is 1.56. The summed E-state index contributed by atoms with van der Waals surface area (Å²) in [6.07, 6.45) is 6.43. The monoisotopic (exact) mass is 390 g/mol. The van der Waals surface area contributed by atoms with Gasteiger partial charge in [0.1, 0.15) is 0 Å². The minimum Gasteiger partial charge on any atom is -0.334 e. The van der Waals surface area contributed by atoms with Crippen molar-refractivity contribution in [2.45, 2.75) is 32.1 Å². The lowest BCUT2D eigenvalue weighted by atomic mass is 9.91. The van der Waals surface area contributed by atoms with E-state index in [2.05, 4.69) is 26.6 Å². The van der Waals surface area contributed by atoms with Crippen LogP contribution in [0.2, 0.25) is 0 Å². The van der Waals surface area contributed by atoms with E-state index in [4.69, 9.17) is 0 Å². The smallest absolute Gasteiger partial charge is 0.317 e. The Morgan fingerprint density at radius 3 is 2.82 bits per heavy atom. The molecule has 4 heterocycles. The number of halogens is 2. The summed E-state index contributed by atoms with van der Waals surface area (Å²) in [5.41, 5.74) is 3.61. The number of fused-ring (bicyclic) bond motifs is 3. The molecule has 1 aliphatic rings. The molecule has 0 radical (unpaired) electrons. The number of amides is 2. The molecule has 0 saturated carbocycles. The Kier molecular flexibility index (Phi) is 4.47. The van der Waals surface area contributed by atoms with Crippen molar-refractivity contribution in [3.05, 3.63) is 30.4 Å². The van der Waals surface area contributed by atoms with E-state index in [0.29, 0.717) is 13.1 Å². The van der Waals surface area contributed by atoms with Crippen molar-refractivity contribution in [2.24, 2.45) is 13.0 Å². The van der Waals surface area contributed by atoms with E-state index >= 15 is 0 Å². The Morgan fingerprint density at radius 2 is 2.11 bits per heavy atom. The molecule has 0 bridgehead atoms. The van der Waals surface area contributed by atoms with Gasteiger partial charge < -0.3 is 14.8 Å². The SMILES string of the molecule is CCC1CN(C(=O)NCC(C)(F)F)CC1c1cnc2cnc3c(ccn3C)n12. The van der Waals surface area contributed by atoms with Crippen LogP contribution in [0.4, 0.5) is 13.6 Å². The fourth-order valence-corrected chi connectivity index (χ4v) is 4.08. The molecular formula is C19H24F2N6O. The van der Waals surface area contributed by atoms with Gasteiger partial charge in [0.2, 0.25) is 0 Å². The van der Waals surface area contributed by atoms with Crippen LogP contribution in [0.5, 0.6) is 0 Å². The van der Waals surface area contributed by atoms with Gasteiger partial charge in [0.05, 0.1) is 18.3 Å². The number of nitrogens with zero attached hydrogens (tertiary/aromatic N) is 5. The van der Waals surface area contributed by atoms with Crippen molar-refractivity contribution in [2.75, 3.05) is 19.6 Å². The van der Waals surface area contributed by atoms with E-state index in [1.165, 1.54) is 0 Å². The molecule has 9 heteroatoms. The molecule has 28 heavy (non-hydrogen) atoms. The molecule has 1 fully saturated rings. The molecule has 0 spiro atoms. The van der Waals surface area contributed by atoms with Crippen LogP contribution in [0, 0.1) is 5.92 Å². The zero-order valence-corrected chi connectivity index (χ0v) is 16.2. The lowest BCUT2D eigenvalue weighted by Crippen LogP contribution is -2.43. The predicted octanol–water partition coefficient (Wildman–Crippen LogP) is 3.01. The van der Waals surface area contributed by atoms with Crippen molar-refractivity contribution in [1.29, 1.82) is 0 Å². The normalized spacial score (nSPS) is 20.4. The lowest BCUT2D eigenvalue weighted by molar-refractivity contribution is 0.0241. The molecule has 1 saturated heterocycles. The Labute approximate surface area is 161 Å². The zero-order chi connectivity index (χ0) is 20.1. The summed E-state index contributed by atoms with van der Waals surface area (Å²) in [4.78, 5) is 23.0. The number of aryl methyl sites for hydroxylation is 1. The number of aromatic nitrogens is 4. The summed E-state index contributed by atoms with van der Waals surface area (Å²) in [7, 11) is 1.94. The molecule has 2 unspecified atom stereocenters. The number of rotatable bonds is 4. The highest BCUT2D eigenvalue weighted by molar-refractivity contribution is 5.76. The summed E-state index contributed by atoms with van der Waals surface area (Å²) in [5, 5.41) is 2.35. The standard InChI is InChI=1S/C19H24F2N6O/c1-4-12-9-26(18(28)24-11-19(2,20)21)10-13(12)15-7-22-16-8-23-17-14(27(15)16)5-6-25(17)3/h5-8,12-13H,4,9-11H2,1-3H3,(H,24,28). The van der Waals surface area contributed by atoms with E-state index in [0.717, 1.165) is 35.8 Å². The molecule has 1 aliphatic heterocycles. The van der Waals surface area contributed by atoms with E-state index < -0.39 is 18.5 Å². The van der Waals surface area contributed by atoms with Gasteiger partial charge in [0, 0.05) is 51.1 Å². The number of likely N-dealkylation sites (tertiary alicyclic amines) is 1. The van der Waals surface area contributed by atoms with Crippen molar-refractivity contribution < 1.29 is 13.6 Å². The summed E-state index contributed by atoms with van der Waals surface area (Å²) in [6.45, 7) is 3.24. The van der Waals surface area contributed by atoms with Gasteiger partial charge in [-0.05, 0) is 12.0 Å². The first kappa shape index (κ1) is 18.6. The lowest BCUT2D eigenvalue weighted by Gasteiger charge is -2.19. The molecular weight excluding hydrogens is 366 g/mol. The quantitative estimate of drug-likeness (QED) is 0.745. The maximum atomic E-state index is 13.1. The molecule has 150 valence electrons. The highest BCUT2D eigenvalue weighted by Crippen LogP contribution is 2.36. The third-order valence-corrected chi connectivity index (χ3v) is 5.56.